The van der Waals surface area contributed by atoms with Crippen molar-refractivity contribution in [2.24, 2.45) is 10.7 Å². The Balaban J connectivity index is 2.25. The number of rotatable bonds is 6. The van der Waals surface area contributed by atoms with E-state index in [4.69, 9.17) is 10.2 Å². The average molecular weight is 287 g/mol. The third-order valence-corrected chi connectivity index (χ3v) is 3.10. The van der Waals surface area contributed by atoms with Gasteiger partial charge in [-0.15, -0.1) is 0 Å². The van der Waals surface area contributed by atoms with Crippen molar-refractivity contribution in [2.75, 3.05) is 0 Å². The Morgan fingerprint density at radius 2 is 2.38 bits per heavy atom. The molecule has 2 aromatic heterocycles. The molecular formula is C15H21N5O. The Morgan fingerprint density at radius 1 is 1.57 bits per heavy atom. The van der Waals surface area contributed by atoms with Crippen LogP contribution in [-0.4, -0.2) is 15.9 Å². The Morgan fingerprint density at radius 3 is 2.95 bits per heavy atom. The van der Waals surface area contributed by atoms with Crippen LogP contribution in [0.25, 0.3) is 5.70 Å². The second-order valence-corrected chi connectivity index (χ2v) is 4.83. The number of furan rings is 1. The Hall–Kier alpha value is -2.50. The molecule has 0 spiro atoms. The van der Waals surface area contributed by atoms with E-state index in [-0.39, 0.29) is 6.04 Å². The van der Waals surface area contributed by atoms with E-state index in [0.29, 0.717) is 6.54 Å². The molecule has 3 N–H and O–H groups in total. The van der Waals surface area contributed by atoms with Crippen LogP contribution in [0.5, 0.6) is 0 Å². The molecule has 0 saturated heterocycles. The summed E-state index contributed by atoms with van der Waals surface area (Å²) in [6.07, 6.45) is 6.69. The number of nitrogens with one attached hydrogen (secondary N) is 1. The number of aromatic nitrogens is 2. The molecule has 6 nitrogen and oxygen atoms in total. The quantitative estimate of drug-likeness (QED) is 0.632. The van der Waals surface area contributed by atoms with E-state index in [1.165, 1.54) is 6.34 Å². The minimum atomic E-state index is 0.258. The summed E-state index contributed by atoms with van der Waals surface area (Å²) >= 11 is 0. The molecule has 2 heterocycles. The first-order chi connectivity index (χ1) is 10.2. The van der Waals surface area contributed by atoms with E-state index >= 15 is 0 Å². The highest BCUT2D eigenvalue weighted by Crippen LogP contribution is 2.27. The van der Waals surface area contributed by atoms with Crippen molar-refractivity contribution in [1.82, 2.24) is 14.9 Å². The van der Waals surface area contributed by atoms with Gasteiger partial charge in [0.05, 0.1) is 31.2 Å². The zero-order valence-electron chi connectivity index (χ0n) is 12.6. The van der Waals surface area contributed by atoms with E-state index in [9.17, 15) is 0 Å². The number of allylic oxidation sites excluding steroid dienone is 1. The Kier molecular flexibility index (Phi) is 4.81. The lowest BCUT2D eigenvalue weighted by Crippen LogP contribution is -2.12. The highest BCUT2D eigenvalue weighted by atomic mass is 16.3. The number of hydrogen-bond donors (Lipinski definition) is 2. The number of aliphatic imine (C=N–C) groups is 1. The number of imidazole rings is 1. The second kappa shape index (κ2) is 6.78. The van der Waals surface area contributed by atoms with Crippen molar-refractivity contribution in [1.29, 1.82) is 0 Å². The van der Waals surface area contributed by atoms with Crippen molar-refractivity contribution in [2.45, 2.75) is 33.4 Å². The first kappa shape index (κ1) is 14.9. The maximum absolute atomic E-state index is 5.46. The molecule has 0 aliphatic rings. The summed E-state index contributed by atoms with van der Waals surface area (Å²) in [6, 6.07) is 4.05. The fourth-order valence-corrected chi connectivity index (χ4v) is 2.04. The van der Waals surface area contributed by atoms with Crippen LogP contribution in [0.15, 0.2) is 40.2 Å². The smallest absolute Gasteiger partial charge is 0.163 e. The van der Waals surface area contributed by atoms with Gasteiger partial charge in [0.2, 0.25) is 0 Å². The van der Waals surface area contributed by atoms with Gasteiger partial charge in [-0.05, 0) is 32.9 Å². The predicted octanol–water partition coefficient (Wildman–Crippen LogP) is 2.83. The molecule has 0 saturated carbocycles. The molecular weight excluding hydrogens is 266 g/mol. The molecule has 0 atom stereocenters. The van der Waals surface area contributed by atoms with Crippen LogP contribution < -0.4 is 11.1 Å². The topological polar surface area (TPSA) is 81.4 Å². The van der Waals surface area contributed by atoms with Gasteiger partial charge in [-0.3, -0.25) is 0 Å². The molecule has 0 amide bonds. The Bertz CT molecular complexity index is 623. The van der Waals surface area contributed by atoms with Gasteiger partial charge in [0.1, 0.15) is 11.5 Å². The molecule has 0 fully saturated rings. The second-order valence-electron chi connectivity index (χ2n) is 4.83. The van der Waals surface area contributed by atoms with Crippen LogP contribution in [0.2, 0.25) is 0 Å². The summed E-state index contributed by atoms with van der Waals surface area (Å²) < 4.78 is 7.30. The third kappa shape index (κ3) is 3.34. The molecule has 0 unspecified atom stereocenters. The van der Waals surface area contributed by atoms with Crippen LogP contribution in [0.3, 0.4) is 0 Å². The fraction of sp³-hybridized carbons (Fsp3) is 0.333. The first-order valence-electron chi connectivity index (χ1n) is 6.91. The average Bonchev–Trinajstić information content (AvgIpc) is 3.10. The minimum absolute atomic E-state index is 0.258. The number of hydrogen-bond acceptors (Lipinski definition) is 4. The molecule has 0 bridgehead atoms. The molecule has 2 aromatic rings. The third-order valence-electron chi connectivity index (χ3n) is 3.10. The van der Waals surface area contributed by atoms with Crippen LogP contribution >= 0.6 is 0 Å². The highest BCUT2D eigenvalue weighted by molar-refractivity contribution is 5.71. The summed E-state index contributed by atoms with van der Waals surface area (Å²) in [4.78, 5) is 8.71. The summed E-state index contributed by atoms with van der Waals surface area (Å²) in [5, 5.41) is 3.32. The van der Waals surface area contributed by atoms with Crippen LogP contribution in [0.4, 0.5) is 5.82 Å². The normalized spacial score (nSPS) is 12.5. The zero-order valence-corrected chi connectivity index (χ0v) is 12.6. The molecule has 2 rings (SSSR count). The lowest BCUT2D eigenvalue weighted by molar-refractivity contribution is 0.501. The maximum atomic E-state index is 5.46. The van der Waals surface area contributed by atoms with Crippen molar-refractivity contribution in [3.05, 3.63) is 42.3 Å². The largest absolute Gasteiger partial charge is 0.467 e. The Labute approximate surface area is 124 Å². The molecule has 6 heteroatoms. The monoisotopic (exact) mass is 287 g/mol. The summed E-state index contributed by atoms with van der Waals surface area (Å²) in [6.45, 7) is 6.70. The van der Waals surface area contributed by atoms with Crippen molar-refractivity contribution in [3.63, 3.8) is 0 Å². The predicted molar refractivity (Wildman–Crippen MR) is 84.2 cm³/mol. The van der Waals surface area contributed by atoms with E-state index in [0.717, 1.165) is 23.0 Å². The van der Waals surface area contributed by atoms with Gasteiger partial charge in [-0.25, -0.2) is 9.98 Å². The molecule has 0 aromatic carbocycles. The van der Waals surface area contributed by atoms with Crippen molar-refractivity contribution < 1.29 is 4.42 Å². The SMILES string of the molecule is C/C=C(/NCc1ccco1)c1ncn(C(C)C)c1N=CN. The summed E-state index contributed by atoms with van der Waals surface area (Å²) in [7, 11) is 0. The van der Waals surface area contributed by atoms with Crippen LogP contribution in [0.1, 0.15) is 38.3 Å². The molecule has 112 valence electrons. The minimum Gasteiger partial charge on any atom is -0.467 e. The van der Waals surface area contributed by atoms with Gasteiger partial charge in [0.25, 0.3) is 0 Å². The van der Waals surface area contributed by atoms with Gasteiger partial charge in [-0.1, -0.05) is 6.08 Å². The van der Waals surface area contributed by atoms with Gasteiger partial charge >= 0.3 is 0 Å². The molecule has 21 heavy (non-hydrogen) atoms. The van der Waals surface area contributed by atoms with Crippen LogP contribution in [0, 0.1) is 0 Å². The molecule has 0 aliphatic heterocycles. The number of nitrogens with zero attached hydrogens (tertiary/aromatic N) is 3. The van der Waals surface area contributed by atoms with E-state index in [1.54, 1.807) is 12.6 Å². The van der Waals surface area contributed by atoms with Crippen LogP contribution in [-0.2, 0) is 6.54 Å². The van der Waals surface area contributed by atoms with Crippen molar-refractivity contribution >= 4 is 17.9 Å². The van der Waals surface area contributed by atoms with Gasteiger partial charge in [-0.2, -0.15) is 0 Å². The summed E-state index contributed by atoms with van der Waals surface area (Å²) in [5.74, 6) is 1.61. The highest BCUT2D eigenvalue weighted by Gasteiger charge is 2.15. The lowest BCUT2D eigenvalue weighted by atomic mass is 10.2. The number of nitrogens with two attached hydrogens (primary N) is 1. The van der Waals surface area contributed by atoms with Gasteiger partial charge in [0, 0.05) is 6.04 Å². The van der Waals surface area contributed by atoms with E-state index < -0.39 is 0 Å². The molecule has 0 aliphatic carbocycles. The fourth-order valence-electron chi connectivity index (χ4n) is 2.04. The lowest BCUT2D eigenvalue weighted by Gasteiger charge is -2.11. The molecule has 0 radical (unpaired) electrons. The van der Waals surface area contributed by atoms with Gasteiger partial charge < -0.3 is 20.0 Å². The van der Waals surface area contributed by atoms with E-state index in [1.807, 2.05) is 29.7 Å². The first-order valence-corrected chi connectivity index (χ1v) is 6.91. The van der Waals surface area contributed by atoms with E-state index in [2.05, 4.69) is 29.1 Å². The zero-order chi connectivity index (χ0) is 15.2. The maximum Gasteiger partial charge on any atom is 0.163 e. The summed E-state index contributed by atoms with van der Waals surface area (Å²) in [5.41, 5.74) is 7.13. The van der Waals surface area contributed by atoms with Gasteiger partial charge in [0.15, 0.2) is 5.82 Å². The standard InChI is InChI=1S/C15H21N5O/c1-4-13(17-8-12-6-5-7-21-12)14-15(18-9-16)20(10-19-14)11(2)3/h4-7,9-11,17H,8H2,1-3H3,(H2,16,18)/b13-4+. The van der Waals surface area contributed by atoms with Crippen molar-refractivity contribution in [3.8, 4) is 0 Å².